The van der Waals surface area contributed by atoms with Crippen LogP contribution in [0.1, 0.15) is 22.8 Å². The quantitative estimate of drug-likeness (QED) is 0.442. The van der Waals surface area contributed by atoms with Crippen LogP contribution in [0.3, 0.4) is 0 Å². The number of carbonyl (C=O) groups is 2. The summed E-state index contributed by atoms with van der Waals surface area (Å²) in [5, 5.41) is 20.1. The molecule has 0 heterocycles. The Balaban J connectivity index is 3.08. The van der Waals surface area contributed by atoms with Crippen LogP contribution in [-0.4, -0.2) is 27.8 Å². The van der Waals surface area contributed by atoms with Crippen LogP contribution in [-0.2, 0) is 4.79 Å². The van der Waals surface area contributed by atoms with Crippen molar-refractivity contribution in [2.75, 3.05) is 0 Å². The Morgan fingerprint density at radius 1 is 1.13 bits per heavy atom. The van der Waals surface area contributed by atoms with Crippen LogP contribution in [0, 0.1) is 0 Å². The lowest BCUT2D eigenvalue weighted by Gasteiger charge is -2.00. The van der Waals surface area contributed by atoms with E-state index in [4.69, 9.17) is 10.3 Å². The lowest BCUT2D eigenvalue weighted by atomic mass is 10.1. The van der Waals surface area contributed by atoms with Gasteiger partial charge in [0.25, 0.3) is 0 Å². The van der Waals surface area contributed by atoms with Crippen LogP contribution >= 0.6 is 0 Å². The Hall–Kier alpha value is -2.17. The van der Waals surface area contributed by atoms with Crippen LogP contribution in [0.4, 0.5) is 0 Å². The van der Waals surface area contributed by atoms with Crippen molar-refractivity contribution in [3.63, 3.8) is 0 Å². The van der Waals surface area contributed by atoms with E-state index in [1.165, 1.54) is 31.2 Å². The highest BCUT2D eigenvalue weighted by molar-refractivity contribution is 6.45. The van der Waals surface area contributed by atoms with E-state index in [2.05, 4.69) is 5.16 Å². The molecule has 1 aromatic rings. The molecule has 0 radical (unpaired) electrons. The molecular formula is C10H9NO4. The maximum atomic E-state index is 11.0. The Kier molecular flexibility index (Phi) is 3.17. The molecule has 0 aromatic heterocycles. The SMILES string of the molecule is CC(=O)C(=NO)c1ccc(C(=O)O)cc1. The summed E-state index contributed by atoms with van der Waals surface area (Å²) < 4.78 is 0. The van der Waals surface area contributed by atoms with Gasteiger partial charge in [-0.3, -0.25) is 4.79 Å². The van der Waals surface area contributed by atoms with E-state index in [1.807, 2.05) is 0 Å². The molecular weight excluding hydrogens is 198 g/mol. The fourth-order valence-corrected chi connectivity index (χ4v) is 1.10. The first kappa shape index (κ1) is 10.9. The highest BCUT2D eigenvalue weighted by Crippen LogP contribution is 2.06. The fraction of sp³-hybridized carbons (Fsp3) is 0.100. The van der Waals surface area contributed by atoms with Crippen molar-refractivity contribution < 1.29 is 19.9 Å². The van der Waals surface area contributed by atoms with Gasteiger partial charge in [-0.05, 0) is 12.1 Å². The average molecular weight is 207 g/mol. The van der Waals surface area contributed by atoms with Crippen LogP contribution in [0.5, 0.6) is 0 Å². The molecule has 1 aromatic carbocycles. The zero-order valence-corrected chi connectivity index (χ0v) is 7.97. The largest absolute Gasteiger partial charge is 0.478 e. The van der Waals surface area contributed by atoms with Crippen molar-refractivity contribution in [1.82, 2.24) is 0 Å². The Morgan fingerprint density at radius 2 is 1.60 bits per heavy atom. The first-order valence-electron chi connectivity index (χ1n) is 4.13. The number of rotatable bonds is 3. The van der Waals surface area contributed by atoms with Crippen LogP contribution in [0.15, 0.2) is 29.4 Å². The zero-order chi connectivity index (χ0) is 11.4. The Bertz CT molecular complexity index is 420. The maximum absolute atomic E-state index is 11.0. The lowest BCUT2D eigenvalue weighted by molar-refractivity contribution is -0.111. The van der Waals surface area contributed by atoms with Gasteiger partial charge in [0.1, 0.15) is 0 Å². The fourth-order valence-electron chi connectivity index (χ4n) is 1.10. The van der Waals surface area contributed by atoms with Gasteiger partial charge in [-0.1, -0.05) is 17.3 Å². The molecule has 0 aliphatic heterocycles. The second-order valence-electron chi connectivity index (χ2n) is 2.89. The minimum atomic E-state index is -1.05. The van der Waals surface area contributed by atoms with Gasteiger partial charge < -0.3 is 10.3 Å². The lowest BCUT2D eigenvalue weighted by Crippen LogP contribution is -2.11. The van der Waals surface area contributed by atoms with E-state index in [9.17, 15) is 9.59 Å². The summed E-state index contributed by atoms with van der Waals surface area (Å²) >= 11 is 0. The molecule has 0 unspecified atom stereocenters. The number of nitrogens with zero attached hydrogens (tertiary/aromatic N) is 1. The number of carboxylic acid groups (broad SMARTS) is 1. The molecule has 5 heteroatoms. The van der Waals surface area contributed by atoms with Gasteiger partial charge in [0.15, 0.2) is 11.5 Å². The molecule has 5 nitrogen and oxygen atoms in total. The molecule has 0 bridgehead atoms. The number of hydrogen-bond acceptors (Lipinski definition) is 4. The molecule has 15 heavy (non-hydrogen) atoms. The molecule has 0 spiro atoms. The smallest absolute Gasteiger partial charge is 0.335 e. The standard InChI is InChI=1S/C10H9NO4/c1-6(12)9(11-15)7-2-4-8(5-3-7)10(13)14/h2-5,15H,1H3,(H,13,14). The van der Waals surface area contributed by atoms with Crippen molar-refractivity contribution in [3.05, 3.63) is 35.4 Å². The summed E-state index contributed by atoms with van der Waals surface area (Å²) in [7, 11) is 0. The second kappa shape index (κ2) is 4.36. The van der Waals surface area contributed by atoms with Gasteiger partial charge in [-0.2, -0.15) is 0 Å². The highest BCUT2D eigenvalue weighted by Gasteiger charge is 2.10. The van der Waals surface area contributed by atoms with Crippen LogP contribution in [0.2, 0.25) is 0 Å². The number of Topliss-reactive ketones (excluding diaryl/α,β-unsaturated/α-hetero) is 1. The maximum Gasteiger partial charge on any atom is 0.335 e. The van der Waals surface area contributed by atoms with Gasteiger partial charge in [-0.25, -0.2) is 4.79 Å². The normalized spacial score (nSPS) is 11.1. The van der Waals surface area contributed by atoms with E-state index in [1.54, 1.807) is 0 Å². The third-order valence-electron chi connectivity index (χ3n) is 1.84. The summed E-state index contributed by atoms with van der Waals surface area (Å²) in [6.45, 7) is 1.26. The molecule has 0 saturated carbocycles. The number of oxime groups is 1. The van der Waals surface area contributed by atoms with Gasteiger partial charge >= 0.3 is 5.97 Å². The summed E-state index contributed by atoms with van der Waals surface area (Å²) in [6.07, 6.45) is 0. The Morgan fingerprint density at radius 3 is 1.93 bits per heavy atom. The monoisotopic (exact) mass is 207 g/mol. The number of hydrogen-bond donors (Lipinski definition) is 2. The van der Waals surface area contributed by atoms with E-state index in [-0.39, 0.29) is 17.1 Å². The van der Waals surface area contributed by atoms with Crippen LogP contribution in [0.25, 0.3) is 0 Å². The molecule has 0 aliphatic carbocycles. The predicted octanol–water partition coefficient (Wildman–Crippen LogP) is 1.15. The molecule has 0 aliphatic rings. The van der Waals surface area contributed by atoms with Gasteiger partial charge in [0.2, 0.25) is 0 Å². The second-order valence-corrected chi connectivity index (χ2v) is 2.89. The van der Waals surface area contributed by atoms with Crippen molar-refractivity contribution in [2.45, 2.75) is 6.92 Å². The first-order valence-corrected chi connectivity index (χ1v) is 4.13. The van der Waals surface area contributed by atoms with Crippen molar-refractivity contribution in [2.24, 2.45) is 5.16 Å². The van der Waals surface area contributed by atoms with E-state index >= 15 is 0 Å². The molecule has 0 saturated heterocycles. The van der Waals surface area contributed by atoms with Crippen LogP contribution < -0.4 is 0 Å². The highest BCUT2D eigenvalue weighted by atomic mass is 16.4. The zero-order valence-electron chi connectivity index (χ0n) is 7.97. The van der Waals surface area contributed by atoms with Gasteiger partial charge in [-0.15, -0.1) is 0 Å². The van der Waals surface area contributed by atoms with Gasteiger partial charge in [0.05, 0.1) is 5.56 Å². The topological polar surface area (TPSA) is 87.0 Å². The number of carboxylic acids is 1. The molecule has 0 fully saturated rings. The first-order chi connectivity index (χ1) is 7.06. The Labute approximate surface area is 85.7 Å². The minimum Gasteiger partial charge on any atom is -0.478 e. The van der Waals surface area contributed by atoms with Crippen molar-refractivity contribution in [3.8, 4) is 0 Å². The van der Waals surface area contributed by atoms with Crippen molar-refractivity contribution >= 4 is 17.5 Å². The molecule has 0 atom stereocenters. The average Bonchev–Trinajstić information content (AvgIpc) is 2.19. The van der Waals surface area contributed by atoms with E-state index in [0.29, 0.717) is 5.56 Å². The van der Waals surface area contributed by atoms with Crippen molar-refractivity contribution in [1.29, 1.82) is 0 Å². The van der Waals surface area contributed by atoms with Gasteiger partial charge in [0, 0.05) is 12.5 Å². The molecule has 1 rings (SSSR count). The number of ketones is 1. The summed E-state index contributed by atoms with van der Waals surface area (Å²) in [5.74, 6) is -1.44. The number of aromatic carboxylic acids is 1. The minimum absolute atomic E-state index is 0.0908. The third-order valence-corrected chi connectivity index (χ3v) is 1.84. The summed E-state index contributed by atoms with van der Waals surface area (Å²) in [5.41, 5.74) is 0.404. The molecule has 78 valence electrons. The number of carbonyl (C=O) groups excluding carboxylic acids is 1. The molecule has 2 N–H and O–H groups in total. The van der Waals surface area contributed by atoms with E-state index < -0.39 is 5.97 Å². The molecule has 0 amide bonds. The third kappa shape index (κ3) is 2.40. The van der Waals surface area contributed by atoms with E-state index in [0.717, 1.165) is 0 Å². The summed E-state index contributed by atoms with van der Waals surface area (Å²) in [4.78, 5) is 21.5. The number of benzene rings is 1. The predicted molar refractivity (Wildman–Crippen MR) is 52.4 cm³/mol. The summed E-state index contributed by atoms with van der Waals surface area (Å²) in [6, 6.07) is 5.51.